The van der Waals surface area contributed by atoms with Crippen molar-refractivity contribution in [1.82, 2.24) is 0 Å². The van der Waals surface area contributed by atoms with E-state index >= 15 is 0 Å². The van der Waals surface area contributed by atoms with Crippen molar-refractivity contribution in [2.75, 3.05) is 18.5 Å². The van der Waals surface area contributed by atoms with Crippen molar-refractivity contribution in [2.45, 2.75) is 17.9 Å². The quantitative estimate of drug-likeness (QED) is 0.556. The van der Waals surface area contributed by atoms with Crippen LogP contribution >= 0.6 is 0 Å². The Morgan fingerprint density at radius 1 is 0.862 bits per heavy atom. The highest BCUT2D eigenvalue weighted by molar-refractivity contribution is 7.92. The van der Waals surface area contributed by atoms with Gasteiger partial charge in [0, 0.05) is 5.56 Å². The highest BCUT2D eigenvalue weighted by atomic mass is 32.2. The monoisotopic (exact) mass is 415 g/mol. The van der Waals surface area contributed by atoms with Gasteiger partial charge in [0.2, 0.25) is 0 Å². The van der Waals surface area contributed by atoms with E-state index in [1.807, 2.05) is 18.2 Å². The molecule has 0 heterocycles. The first-order chi connectivity index (χ1) is 13.9. The molecule has 3 aromatic rings. The summed E-state index contributed by atoms with van der Waals surface area (Å²) in [7, 11) is -0.912. The summed E-state index contributed by atoms with van der Waals surface area (Å²) in [6.07, 6.45) is 0. The Bertz CT molecular complexity index is 1070. The van der Waals surface area contributed by atoms with E-state index in [2.05, 4.69) is 0 Å². The first-order valence-corrected chi connectivity index (χ1v) is 10.4. The molecule has 0 amide bonds. The predicted octanol–water partition coefficient (Wildman–Crippen LogP) is 4.80. The van der Waals surface area contributed by atoms with Gasteiger partial charge in [-0.05, 0) is 61.5 Å². The Labute approximate surface area is 170 Å². The Kier molecular flexibility index (Phi) is 6.08. The molecule has 1 atom stereocenters. The maximum absolute atomic E-state index is 13.5. The number of hydrogen-bond donors (Lipinski definition) is 0. The fraction of sp³-hybridized carbons (Fsp3) is 0.182. The number of hydrogen-bond acceptors (Lipinski definition) is 4. The van der Waals surface area contributed by atoms with Gasteiger partial charge in [-0.15, -0.1) is 0 Å². The average molecular weight is 415 g/mol. The Morgan fingerprint density at radius 2 is 1.48 bits per heavy atom. The van der Waals surface area contributed by atoms with Gasteiger partial charge in [0.1, 0.15) is 17.3 Å². The van der Waals surface area contributed by atoms with E-state index in [1.165, 1.54) is 23.5 Å². The van der Waals surface area contributed by atoms with Gasteiger partial charge in [-0.25, -0.2) is 12.8 Å². The van der Waals surface area contributed by atoms with Crippen molar-refractivity contribution in [2.24, 2.45) is 0 Å². The fourth-order valence-electron chi connectivity index (χ4n) is 3.16. The molecule has 0 spiro atoms. The minimum absolute atomic E-state index is 0.00327. The molecule has 1 unspecified atom stereocenters. The number of rotatable bonds is 7. The third kappa shape index (κ3) is 4.19. The molecule has 0 aromatic heterocycles. The smallest absolute Gasteiger partial charge is 0.264 e. The van der Waals surface area contributed by atoms with Crippen LogP contribution in [0.4, 0.5) is 10.1 Å². The lowest BCUT2D eigenvalue weighted by Gasteiger charge is -2.31. The number of anilines is 1. The number of benzene rings is 3. The van der Waals surface area contributed by atoms with Crippen molar-refractivity contribution in [3.63, 3.8) is 0 Å². The minimum Gasteiger partial charge on any atom is -0.497 e. The zero-order valence-electron chi connectivity index (χ0n) is 16.4. The first kappa shape index (κ1) is 20.7. The first-order valence-electron chi connectivity index (χ1n) is 8.95. The van der Waals surface area contributed by atoms with Crippen molar-refractivity contribution in [3.05, 3.63) is 84.2 Å². The van der Waals surface area contributed by atoms with E-state index in [1.54, 1.807) is 44.4 Å². The van der Waals surface area contributed by atoms with Crippen LogP contribution in [0.5, 0.6) is 11.5 Å². The summed E-state index contributed by atoms with van der Waals surface area (Å²) in [6, 6.07) is 18.2. The van der Waals surface area contributed by atoms with E-state index in [0.29, 0.717) is 22.7 Å². The highest BCUT2D eigenvalue weighted by Gasteiger charge is 2.31. The lowest BCUT2D eigenvalue weighted by molar-refractivity contribution is 0.407. The van der Waals surface area contributed by atoms with Gasteiger partial charge in [0.15, 0.2) is 0 Å². The number of halogens is 1. The fourth-order valence-corrected chi connectivity index (χ4v) is 4.79. The van der Waals surface area contributed by atoms with Gasteiger partial charge >= 0.3 is 0 Å². The van der Waals surface area contributed by atoms with Crippen LogP contribution < -0.4 is 13.8 Å². The molecule has 0 bridgehead atoms. The maximum atomic E-state index is 13.5. The van der Waals surface area contributed by atoms with Crippen LogP contribution in [-0.4, -0.2) is 22.6 Å². The summed E-state index contributed by atoms with van der Waals surface area (Å²) in [6.45, 7) is 1.78. The second kappa shape index (κ2) is 8.53. The molecule has 0 fully saturated rings. The molecule has 7 heteroatoms. The Balaban J connectivity index is 2.16. The van der Waals surface area contributed by atoms with E-state index in [-0.39, 0.29) is 4.90 Å². The second-order valence-corrected chi connectivity index (χ2v) is 8.19. The molecule has 29 heavy (non-hydrogen) atoms. The van der Waals surface area contributed by atoms with Crippen LogP contribution in [0.1, 0.15) is 18.5 Å². The average Bonchev–Trinajstić information content (AvgIpc) is 2.74. The summed E-state index contributed by atoms with van der Waals surface area (Å²) < 4.78 is 52.4. The van der Waals surface area contributed by atoms with Crippen molar-refractivity contribution in [3.8, 4) is 11.5 Å². The molecule has 5 nitrogen and oxygen atoms in total. The molecular formula is C22H22FNO4S. The van der Waals surface area contributed by atoms with Gasteiger partial charge in [-0.1, -0.05) is 18.2 Å². The molecule has 0 aliphatic carbocycles. The van der Waals surface area contributed by atoms with Gasteiger partial charge in [-0.2, -0.15) is 0 Å². The molecular weight excluding hydrogens is 393 g/mol. The van der Waals surface area contributed by atoms with Gasteiger partial charge in [-0.3, -0.25) is 4.31 Å². The standard InChI is InChI=1S/C22H22FNO4S/c1-16(21-6-4-5-7-22(21)28-3)24(18-10-12-19(27-2)13-11-18)29(25,26)20-14-8-17(23)9-15-20/h4-16H,1-3H3. The van der Waals surface area contributed by atoms with Crippen molar-refractivity contribution in [1.29, 1.82) is 0 Å². The molecule has 3 aromatic carbocycles. The highest BCUT2D eigenvalue weighted by Crippen LogP contribution is 2.37. The zero-order valence-corrected chi connectivity index (χ0v) is 17.2. The van der Waals surface area contributed by atoms with E-state index < -0.39 is 21.9 Å². The number of ether oxygens (including phenoxy) is 2. The number of methoxy groups -OCH3 is 2. The van der Waals surface area contributed by atoms with Crippen LogP contribution in [0, 0.1) is 5.82 Å². The van der Waals surface area contributed by atoms with Crippen LogP contribution in [0.3, 0.4) is 0 Å². The summed E-state index contributed by atoms with van der Waals surface area (Å²) in [5, 5.41) is 0. The number of para-hydroxylation sites is 1. The van der Waals surface area contributed by atoms with Gasteiger partial charge < -0.3 is 9.47 Å². The largest absolute Gasteiger partial charge is 0.497 e. The molecule has 0 saturated carbocycles. The van der Waals surface area contributed by atoms with Gasteiger partial charge in [0.05, 0.1) is 30.8 Å². The number of nitrogens with zero attached hydrogens (tertiary/aromatic N) is 1. The summed E-state index contributed by atoms with van der Waals surface area (Å²) >= 11 is 0. The molecule has 0 saturated heterocycles. The van der Waals surface area contributed by atoms with E-state index in [9.17, 15) is 12.8 Å². The van der Waals surface area contributed by atoms with Crippen LogP contribution in [0.2, 0.25) is 0 Å². The number of sulfonamides is 1. The maximum Gasteiger partial charge on any atom is 0.264 e. The van der Waals surface area contributed by atoms with Gasteiger partial charge in [0.25, 0.3) is 10.0 Å². The lowest BCUT2D eigenvalue weighted by atomic mass is 10.1. The topological polar surface area (TPSA) is 55.8 Å². The predicted molar refractivity (Wildman–Crippen MR) is 110 cm³/mol. The molecule has 0 aliphatic rings. The normalized spacial score (nSPS) is 12.3. The van der Waals surface area contributed by atoms with Crippen LogP contribution in [0.15, 0.2) is 77.7 Å². The Morgan fingerprint density at radius 3 is 2.07 bits per heavy atom. The molecule has 0 aliphatic heterocycles. The molecule has 152 valence electrons. The van der Waals surface area contributed by atoms with E-state index in [0.717, 1.165) is 12.1 Å². The third-order valence-corrected chi connectivity index (χ3v) is 6.55. The Hall–Kier alpha value is -3.06. The van der Waals surface area contributed by atoms with Crippen molar-refractivity contribution < 1.29 is 22.3 Å². The van der Waals surface area contributed by atoms with E-state index in [4.69, 9.17) is 9.47 Å². The molecule has 0 radical (unpaired) electrons. The summed E-state index contributed by atoms with van der Waals surface area (Å²) in [4.78, 5) is -0.00327. The second-order valence-electron chi connectivity index (χ2n) is 6.37. The third-order valence-electron chi connectivity index (χ3n) is 4.64. The minimum atomic E-state index is -3.99. The van der Waals surface area contributed by atoms with Crippen LogP contribution in [-0.2, 0) is 10.0 Å². The van der Waals surface area contributed by atoms with Crippen molar-refractivity contribution >= 4 is 15.7 Å². The SMILES string of the molecule is COc1ccc(N(C(C)c2ccccc2OC)S(=O)(=O)c2ccc(F)cc2)cc1. The molecule has 3 rings (SSSR count). The summed E-state index contributed by atoms with van der Waals surface area (Å²) in [5.41, 5.74) is 1.16. The molecule has 0 N–H and O–H groups in total. The summed E-state index contributed by atoms with van der Waals surface area (Å²) in [5.74, 6) is 0.684. The van der Waals surface area contributed by atoms with Crippen LogP contribution in [0.25, 0.3) is 0 Å². The lowest BCUT2D eigenvalue weighted by Crippen LogP contribution is -2.34. The zero-order chi connectivity index (χ0) is 21.0.